The standard InChI is InChI=1S/C25H34N2O5/c1-7-27(8-2)21(19-10-9-11-20(16-19)29-3)17-26-24(28)13-12-18-14-22(30-4)25(32-6)23(15-18)31-5/h9-16,21H,7-8,17H2,1-6H3,(H,26,28)/b13-12+/t21-/m1/s1. The maximum Gasteiger partial charge on any atom is 0.244 e. The predicted molar refractivity (Wildman–Crippen MR) is 127 cm³/mol. The molecule has 1 N–H and O–H groups in total. The van der Waals surface area contributed by atoms with Gasteiger partial charge in [-0.1, -0.05) is 26.0 Å². The largest absolute Gasteiger partial charge is 0.497 e. The van der Waals surface area contributed by atoms with Gasteiger partial charge in [-0.2, -0.15) is 0 Å². The van der Waals surface area contributed by atoms with Crippen LogP contribution in [-0.2, 0) is 4.79 Å². The fourth-order valence-electron chi connectivity index (χ4n) is 3.60. The van der Waals surface area contributed by atoms with Crippen molar-refractivity contribution in [2.75, 3.05) is 48.1 Å². The van der Waals surface area contributed by atoms with E-state index >= 15 is 0 Å². The smallest absolute Gasteiger partial charge is 0.244 e. The zero-order valence-corrected chi connectivity index (χ0v) is 19.8. The van der Waals surface area contributed by atoms with Crippen molar-refractivity contribution in [3.05, 3.63) is 53.6 Å². The molecule has 2 aromatic rings. The molecule has 2 aromatic carbocycles. The molecular weight excluding hydrogens is 408 g/mol. The van der Waals surface area contributed by atoms with E-state index in [0.29, 0.717) is 23.8 Å². The monoisotopic (exact) mass is 442 g/mol. The highest BCUT2D eigenvalue weighted by molar-refractivity contribution is 5.92. The first-order valence-electron chi connectivity index (χ1n) is 10.6. The molecule has 1 amide bonds. The lowest BCUT2D eigenvalue weighted by atomic mass is 10.0. The fraction of sp³-hybridized carbons (Fsp3) is 0.400. The number of nitrogens with one attached hydrogen (secondary N) is 1. The van der Waals surface area contributed by atoms with Crippen LogP contribution in [0.15, 0.2) is 42.5 Å². The number of hydrogen-bond donors (Lipinski definition) is 1. The van der Waals surface area contributed by atoms with Gasteiger partial charge in [-0.3, -0.25) is 9.69 Å². The molecule has 2 rings (SSSR count). The summed E-state index contributed by atoms with van der Waals surface area (Å²) in [7, 11) is 6.33. The molecule has 0 aliphatic heterocycles. The number of hydrogen-bond acceptors (Lipinski definition) is 6. The number of amides is 1. The second-order valence-corrected chi connectivity index (χ2v) is 7.05. The normalized spacial score (nSPS) is 12.0. The van der Waals surface area contributed by atoms with Crippen molar-refractivity contribution in [2.24, 2.45) is 0 Å². The van der Waals surface area contributed by atoms with Gasteiger partial charge in [0.05, 0.1) is 34.5 Å². The minimum Gasteiger partial charge on any atom is -0.497 e. The van der Waals surface area contributed by atoms with Gasteiger partial charge >= 0.3 is 0 Å². The lowest BCUT2D eigenvalue weighted by molar-refractivity contribution is -0.116. The molecule has 32 heavy (non-hydrogen) atoms. The Bertz CT molecular complexity index is 884. The highest BCUT2D eigenvalue weighted by Crippen LogP contribution is 2.38. The van der Waals surface area contributed by atoms with Crippen LogP contribution in [0.25, 0.3) is 6.08 Å². The number of nitrogens with zero attached hydrogens (tertiary/aromatic N) is 1. The van der Waals surface area contributed by atoms with Crippen molar-refractivity contribution < 1.29 is 23.7 Å². The first kappa shape index (κ1) is 25.1. The van der Waals surface area contributed by atoms with E-state index in [2.05, 4.69) is 30.1 Å². The Hall–Kier alpha value is -3.19. The minimum atomic E-state index is -0.182. The Morgan fingerprint density at radius 3 is 2.16 bits per heavy atom. The molecule has 1 atom stereocenters. The summed E-state index contributed by atoms with van der Waals surface area (Å²) in [6, 6.07) is 11.6. The number of ether oxygens (including phenoxy) is 4. The molecule has 0 saturated carbocycles. The molecule has 7 heteroatoms. The number of carbonyl (C=O) groups excluding carboxylic acids is 1. The van der Waals surface area contributed by atoms with Gasteiger partial charge in [0.25, 0.3) is 0 Å². The Morgan fingerprint density at radius 2 is 1.62 bits per heavy atom. The Kier molecular flexibility index (Phi) is 9.88. The number of methoxy groups -OCH3 is 4. The molecule has 0 radical (unpaired) electrons. The van der Waals surface area contributed by atoms with Crippen molar-refractivity contribution >= 4 is 12.0 Å². The Balaban J connectivity index is 2.15. The third kappa shape index (κ3) is 6.40. The topological polar surface area (TPSA) is 69.3 Å². The molecule has 174 valence electrons. The molecule has 0 aliphatic rings. The Labute approximate surface area is 190 Å². The quantitative estimate of drug-likeness (QED) is 0.502. The van der Waals surface area contributed by atoms with Crippen LogP contribution in [0.2, 0.25) is 0 Å². The summed E-state index contributed by atoms with van der Waals surface area (Å²) >= 11 is 0. The van der Waals surface area contributed by atoms with Crippen LogP contribution in [0.3, 0.4) is 0 Å². The second kappa shape index (κ2) is 12.6. The molecule has 0 heterocycles. The summed E-state index contributed by atoms with van der Waals surface area (Å²) in [5.74, 6) is 2.20. The van der Waals surface area contributed by atoms with Crippen molar-refractivity contribution in [1.82, 2.24) is 10.2 Å². The molecule has 0 aromatic heterocycles. The van der Waals surface area contributed by atoms with Crippen LogP contribution in [0.1, 0.15) is 31.0 Å². The van der Waals surface area contributed by atoms with Crippen LogP contribution in [-0.4, -0.2) is 58.9 Å². The summed E-state index contributed by atoms with van der Waals surface area (Å²) in [4.78, 5) is 14.9. The molecule has 0 spiro atoms. The van der Waals surface area contributed by atoms with Crippen molar-refractivity contribution in [3.63, 3.8) is 0 Å². The zero-order valence-electron chi connectivity index (χ0n) is 19.8. The predicted octanol–water partition coefficient (Wildman–Crippen LogP) is 3.93. The van der Waals surface area contributed by atoms with Crippen LogP contribution < -0.4 is 24.3 Å². The average Bonchev–Trinajstić information content (AvgIpc) is 2.84. The Morgan fingerprint density at radius 1 is 0.969 bits per heavy atom. The molecule has 0 fully saturated rings. The van der Waals surface area contributed by atoms with Gasteiger partial charge in [0.1, 0.15) is 5.75 Å². The lowest BCUT2D eigenvalue weighted by Crippen LogP contribution is -2.37. The van der Waals surface area contributed by atoms with E-state index < -0.39 is 0 Å². The highest BCUT2D eigenvalue weighted by Gasteiger charge is 2.19. The number of likely N-dealkylation sites (N-methyl/N-ethyl adjacent to an activating group) is 1. The summed E-state index contributed by atoms with van der Waals surface area (Å²) in [6.07, 6.45) is 3.23. The first-order chi connectivity index (χ1) is 15.5. The summed E-state index contributed by atoms with van der Waals surface area (Å²) < 4.78 is 21.4. The minimum absolute atomic E-state index is 0.0404. The SMILES string of the molecule is CCN(CC)[C@H](CNC(=O)/C=C/c1cc(OC)c(OC)c(OC)c1)c1cccc(OC)c1. The van der Waals surface area contributed by atoms with E-state index in [1.54, 1.807) is 46.6 Å². The highest BCUT2D eigenvalue weighted by atomic mass is 16.5. The van der Waals surface area contributed by atoms with E-state index in [4.69, 9.17) is 18.9 Å². The third-order valence-corrected chi connectivity index (χ3v) is 5.32. The fourth-order valence-corrected chi connectivity index (χ4v) is 3.60. The lowest BCUT2D eigenvalue weighted by Gasteiger charge is -2.30. The maximum atomic E-state index is 12.6. The van der Waals surface area contributed by atoms with Gasteiger partial charge in [-0.15, -0.1) is 0 Å². The molecule has 7 nitrogen and oxygen atoms in total. The van der Waals surface area contributed by atoms with E-state index in [1.165, 1.54) is 6.08 Å². The van der Waals surface area contributed by atoms with Crippen molar-refractivity contribution in [3.8, 4) is 23.0 Å². The molecular formula is C25H34N2O5. The van der Waals surface area contributed by atoms with E-state index in [9.17, 15) is 4.79 Å². The van der Waals surface area contributed by atoms with Gasteiger partial charge in [-0.05, 0) is 54.6 Å². The molecule has 0 saturated heterocycles. The van der Waals surface area contributed by atoms with E-state index in [1.807, 2.05) is 18.2 Å². The summed E-state index contributed by atoms with van der Waals surface area (Å²) in [5, 5.41) is 3.02. The van der Waals surface area contributed by atoms with Gasteiger partial charge in [0.2, 0.25) is 11.7 Å². The van der Waals surface area contributed by atoms with Crippen LogP contribution >= 0.6 is 0 Å². The second-order valence-electron chi connectivity index (χ2n) is 7.05. The van der Waals surface area contributed by atoms with Crippen LogP contribution in [0.4, 0.5) is 0 Å². The van der Waals surface area contributed by atoms with E-state index in [-0.39, 0.29) is 11.9 Å². The molecule has 0 aliphatic carbocycles. The third-order valence-electron chi connectivity index (χ3n) is 5.32. The molecule has 0 unspecified atom stereocenters. The molecule has 0 bridgehead atoms. The number of carbonyl (C=O) groups is 1. The van der Waals surface area contributed by atoms with Crippen molar-refractivity contribution in [2.45, 2.75) is 19.9 Å². The van der Waals surface area contributed by atoms with Gasteiger partial charge < -0.3 is 24.3 Å². The van der Waals surface area contributed by atoms with Crippen molar-refractivity contribution in [1.29, 1.82) is 0 Å². The zero-order chi connectivity index (χ0) is 23.5. The number of benzene rings is 2. The van der Waals surface area contributed by atoms with Gasteiger partial charge in [0, 0.05) is 12.6 Å². The van der Waals surface area contributed by atoms with Crippen LogP contribution in [0.5, 0.6) is 23.0 Å². The summed E-state index contributed by atoms with van der Waals surface area (Å²) in [5.41, 5.74) is 1.87. The van der Waals surface area contributed by atoms with E-state index in [0.717, 1.165) is 30.0 Å². The van der Waals surface area contributed by atoms with Gasteiger partial charge in [-0.25, -0.2) is 0 Å². The van der Waals surface area contributed by atoms with Gasteiger partial charge in [0.15, 0.2) is 11.5 Å². The average molecular weight is 443 g/mol. The first-order valence-corrected chi connectivity index (χ1v) is 10.6. The summed E-state index contributed by atoms with van der Waals surface area (Å²) in [6.45, 7) is 6.45. The van der Waals surface area contributed by atoms with Crippen LogP contribution in [0, 0.1) is 0 Å². The maximum absolute atomic E-state index is 12.6. The number of rotatable bonds is 12.